The molecule has 0 fully saturated rings. The Bertz CT molecular complexity index is 791. The van der Waals surface area contributed by atoms with Crippen LogP contribution in [0.2, 0.25) is 5.02 Å². The second kappa shape index (κ2) is 4.28. The van der Waals surface area contributed by atoms with E-state index >= 15 is 0 Å². The zero-order chi connectivity index (χ0) is 13.6. The highest BCUT2D eigenvalue weighted by Gasteiger charge is 2.15. The van der Waals surface area contributed by atoms with Gasteiger partial charge in [-0.2, -0.15) is 0 Å². The highest BCUT2D eigenvalue weighted by molar-refractivity contribution is 6.31. The second-order valence-corrected chi connectivity index (χ2v) is 5.12. The first-order valence-electron chi connectivity index (χ1n) is 6.00. The second-order valence-electron chi connectivity index (χ2n) is 4.68. The third-order valence-corrected chi connectivity index (χ3v) is 3.69. The van der Waals surface area contributed by atoms with Crippen LogP contribution in [0.25, 0.3) is 21.8 Å². The predicted octanol–water partition coefficient (Wildman–Crippen LogP) is 4.16. The molecule has 3 rings (SSSR count). The summed E-state index contributed by atoms with van der Waals surface area (Å²) in [5, 5.41) is 11.8. The summed E-state index contributed by atoms with van der Waals surface area (Å²) < 4.78 is 0. The van der Waals surface area contributed by atoms with Crippen molar-refractivity contribution in [3.8, 4) is 0 Å². The molecular formula is C15H12ClNO2. The Labute approximate surface area is 114 Å². The largest absolute Gasteiger partial charge is 0.481 e. The molecule has 0 radical (unpaired) electrons. The zero-order valence-electron chi connectivity index (χ0n) is 10.3. The molecule has 3 nitrogen and oxygen atoms in total. The van der Waals surface area contributed by atoms with E-state index in [1.165, 1.54) is 0 Å². The fourth-order valence-electron chi connectivity index (χ4n) is 2.30. The molecule has 19 heavy (non-hydrogen) atoms. The number of halogens is 1. The zero-order valence-corrected chi connectivity index (χ0v) is 11.0. The SMILES string of the molecule is CC(C(=O)O)c1ccc2[nH]c3ccc(Cl)cc3c2c1. The van der Waals surface area contributed by atoms with Gasteiger partial charge in [0.15, 0.2) is 0 Å². The van der Waals surface area contributed by atoms with Crippen molar-refractivity contribution in [1.29, 1.82) is 0 Å². The van der Waals surface area contributed by atoms with Gasteiger partial charge in [0.2, 0.25) is 0 Å². The molecule has 1 heterocycles. The molecule has 0 saturated heterocycles. The quantitative estimate of drug-likeness (QED) is 0.736. The van der Waals surface area contributed by atoms with E-state index < -0.39 is 11.9 Å². The van der Waals surface area contributed by atoms with Gasteiger partial charge in [0.25, 0.3) is 0 Å². The minimum Gasteiger partial charge on any atom is -0.481 e. The molecule has 96 valence electrons. The smallest absolute Gasteiger partial charge is 0.310 e. The van der Waals surface area contributed by atoms with E-state index in [-0.39, 0.29) is 0 Å². The van der Waals surface area contributed by atoms with Crippen LogP contribution in [0.4, 0.5) is 0 Å². The Kier molecular flexibility index (Phi) is 2.72. The number of aromatic amines is 1. The Morgan fingerprint density at radius 2 is 1.79 bits per heavy atom. The summed E-state index contributed by atoms with van der Waals surface area (Å²) in [4.78, 5) is 14.4. The summed E-state index contributed by atoms with van der Waals surface area (Å²) in [6, 6.07) is 11.3. The maximum atomic E-state index is 11.1. The first kappa shape index (κ1) is 12.1. The molecule has 0 amide bonds. The summed E-state index contributed by atoms with van der Waals surface area (Å²) in [6.45, 7) is 1.69. The fourth-order valence-corrected chi connectivity index (χ4v) is 2.47. The number of hydrogen-bond acceptors (Lipinski definition) is 1. The van der Waals surface area contributed by atoms with Crippen LogP contribution in [0.1, 0.15) is 18.4 Å². The van der Waals surface area contributed by atoms with Crippen molar-refractivity contribution in [1.82, 2.24) is 4.98 Å². The Morgan fingerprint density at radius 1 is 1.16 bits per heavy atom. The van der Waals surface area contributed by atoms with Gasteiger partial charge in [0.05, 0.1) is 5.92 Å². The van der Waals surface area contributed by atoms with Gasteiger partial charge in [-0.05, 0) is 42.8 Å². The van der Waals surface area contributed by atoms with Crippen LogP contribution < -0.4 is 0 Å². The molecule has 4 heteroatoms. The van der Waals surface area contributed by atoms with Crippen LogP contribution in [0.15, 0.2) is 36.4 Å². The lowest BCUT2D eigenvalue weighted by Crippen LogP contribution is -2.06. The van der Waals surface area contributed by atoms with Gasteiger partial charge in [-0.25, -0.2) is 0 Å². The van der Waals surface area contributed by atoms with Crippen LogP contribution in [-0.4, -0.2) is 16.1 Å². The van der Waals surface area contributed by atoms with E-state index in [4.69, 9.17) is 16.7 Å². The lowest BCUT2D eigenvalue weighted by atomic mass is 9.99. The molecule has 0 spiro atoms. The average molecular weight is 274 g/mol. The van der Waals surface area contributed by atoms with Gasteiger partial charge in [-0.15, -0.1) is 0 Å². The molecular weight excluding hydrogens is 262 g/mol. The molecule has 2 N–H and O–H groups in total. The fraction of sp³-hybridized carbons (Fsp3) is 0.133. The van der Waals surface area contributed by atoms with Crippen LogP contribution in [0.5, 0.6) is 0 Å². The normalized spacial score (nSPS) is 12.9. The number of nitrogens with one attached hydrogen (secondary N) is 1. The number of fused-ring (bicyclic) bond motifs is 3. The molecule has 0 bridgehead atoms. The first-order chi connectivity index (χ1) is 9.06. The summed E-state index contributed by atoms with van der Waals surface area (Å²) in [6.07, 6.45) is 0. The van der Waals surface area contributed by atoms with Crippen molar-refractivity contribution in [2.24, 2.45) is 0 Å². The number of H-pyrrole nitrogens is 1. The number of carboxylic acids is 1. The minimum absolute atomic E-state index is 0.520. The predicted molar refractivity (Wildman–Crippen MR) is 76.9 cm³/mol. The summed E-state index contributed by atoms with van der Waals surface area (Å²) in [5.41, 5.74) is 2.78. The van der Waals surface area contributed by atoms with Gasteiger partial charge in [0, 0.05) is 26.8 Å². The molecule has 0 aliphatic heterocycles. The minimum atomic E-state index is -0.822. The van der Waals surface area contributed by atoms with Crippen LogP contribution in [-0.2, 0) is 4.79 Å². The van der Waals surface area contributed by atoms with Crippen molar-refractivity contribution < 1.29 is 9.90 Å². The van der Waals surface area contributed by atoms with Gasteiger partial charge in [-0.3, -0.25) is 4.79 Å². The maximum absolute atomic E-state index is 11.1. The molecule has 0 aliphatic carbocycles. The van der Waals surface area contributed by atoms with Crippen molar-refractivity contribution in [3.63, 3.8) is 0 Å². The Hall–Kier alpha value is -2.00. The van der Waals surface area contributed by atoms with E-state index in [1.54, 1.807) is 6.92 Å². The number of rotatable bonds is 2. The van der Waals surface area contributed by atoms with Gasteiger partial charge >= 0.3 is 5.97 Å². The average Bonchev–Trinajstić information content (AvgIpc) is 2.75. The molecule has 1 unspecified atom stereocenters. The van der Waals surface area contributed by atoms with Gasteiger partial charge in [-0.1, -0.05) is 17.7 Å². The van der Waals surface area contributed by atoms with Crippen molar-refractivity contribution >= 4 is 39.4 Å². The van der Waals surface area contributed by atoms with E-state index in [2.05, 4.69) is 4.98 Å². The summed E-state index contributed by atoms with van der Waals surface area (Å²) in [5.74, 6) is -1.34. The number of aliphatic carboxylic acids is 1. The Morgan fingerprint density at radius 3 is 2.47 bits per heavy atom. The van der Waals surface area contributed by atoms with E-state index in [0.29, 0.717) is 5.02 Å². The van der Waals surface area contributed by atoms with Crippen molar-refractivity contribution in [2.45, 2.75) is 12.8 Å². The standard InChI is InChI=1S/C15H12ClNO2/c1-8(15(18)19)9-2-4-13-11(6-9)12-7-10(16)3-5-14(12)17-13/h2-8,17H,1H3,(H,18,19). The van der Waals surface area contributed by atoms with Gasteiger partial charge < -0.3 is 10.1 Å². The highest BCUT2D eigenvalue weighted by Crippen LogP contribution is 2.30. The third-order valence-electron chi connectivity index (χ3n) is 3.46. The summed E-state index contributed by atoms with van der Waals surface area (Å²) in [7, 11) is 0. The highest BCUT2D eigenvalue weighted by atomic mass is 35.5. The lowest BCUT2D eigenvalue weighted by molar-refractivity contribution is -0.138. The number of aromatic nitrogens is 1. The molecule has 2 aromatic carbocycles. The molecule has 1 atom stereocenters. The number of carboxylic acid groups (broad SMARTS) is 1. The maximum Gasteiger partial charge on any atom is 0.310 e. The van der Waals surface area contributed by atoms with Crippen molar-refractivity contribution in [2.75, 3.05) is 0 Å². The first-order valence-corrected chi connectivity index (χ1v) is 6.38. The monoisotopic (exact) mass is 273 g/mol. The molecule has 3 aromatic rings. The third kappa shape index (κ3) is 1.96. The van der Waals surface area contributed by atoms with Crippen molar-refractivity contribution in [3.05, 3.63) is 47.0 Å². The Balaban J connectivity index is 2.28. The number of benzene rings is 2. The molecule has 1 aromatic heterocycles. The van der Waals surface area contributed by atoms with Gasteiger partial charge in [0.1, 0.15) is 0 Å². The molecule has 0 saturated carbocycles. The van der Waals surface area contributed by atoms with Crippen LogP contribution >= 0.6 is 11.6 Å². The number of carbonyl (C=O) groups is 1. The molecule has 0 aliphatic rings. The van der Waals surface area contributed by atoms with Crippen LogP contribution in [0, 0.1) is 0 Å². The van der Waals surface area contributed by atoms with E-state index in [1.807, 2.05) is 36.4 Å². The number of hydrogen-bond donors (Lipinski definition) is 2. The summed E-state index contributed by atoms with van der Waals surface area (Å²) >= 11 is 6.02. The van der Waals surface area contributed by atoms with E-state index in [9.17, 15) is 4.79 Å². The lowest BCUT2D eigenvalue weighted by Gasteiger charge is -2.06. The topological polar surface area (TPSA) is 53.1 Å². The van der Waals surface area contributed by atoms with Crippen LogP contribution in [0.3, 0.4) is 0 Å². The van der Waals surface area contributed by atoms with E-state index in [0.717, 1.165) is 27.4 Å².